The number of rotatable bonds is 4. The van der Waals surface area contributed by atoms with Crippen molar-refractivity contribution in [1.29, 1.82) is 5.26 Å². The average Bonchev–Trinajstić information content (AvgIpc) is 2.17. The molecule has 1 heterocycles. The van der Waals surface area contributed by atoms with Crippen LogP contribution in [0.15, 0.2) is 0 Å². The fourth-order valence-electron chi connectivity index (χ4n) is 1.56. The van der Waals surface area contributed by atoms with E-state index in [0.717, 1.165) is 45.1 Å². The summed E-state index contributed by atoms with van der Waals surface area (Å²) in [6.45, 7) is 6.27. The van der Waals surface area contributed by atoms with Crippen molar-refractivity contribution < 1.29 is 0 Å². The molecule has 0 saturated carbocycles. The molecule has 0 radical (unpaired) electrons. The van der Waals surface area contributed by atoms with Crippen LogP contribution >= 0.6 is 11.6 Å². The predicted octanol–water partition coefficient (Wildman–Crippen LogP) is 0.756. The fraction of sp³-hybridized carbons (Fsp3) is 0.889. The molecule has 1 aliphatic rings. The van der Waals surface area contributed by atoms with Gasteiger partial charge in [-0.2, -0.15) is 5.26 Å². The molecule has 4 heteroatoms. The number of nitriles is 1. The van der Waals surface area contributed by atoms with Gasteiger partial charge >= 0.3 is 0 Å². The zero-order chi connectivity index (χ0) is 9.52. The van der Waals surface area contributed by atoms with Crippen LogP contribution in [0.5, 0.6) is 0 Å². The Kier molecular flexibility index (Phi) is 5.14. The van der Waals surface area contributed by atoms with Crippen LogP contribution in [0.4, 0.5) is 0 Å². The van der Waals surface area contributed by atoms with Crippen molar-refractivity contribution in [3.63, 3.8) is 0 Å². The summed E-state index contributed by atoms with van der Waals surface area (Å²) in [5, 5.41) is 8.43. The van der Waals surface area contributed by atoms with Crippen LogP contribution in [0.1, 0.15) is 6.42 Å². The quantitative estimate of drug-likeness (QED) is 0.630. The minimum Gasteiger partial charge on any atom is -0.300 e. The number of alkyl halides is 1. The van der Waals surface area contributed by atoms with Gasteiger partial charge in [-0.1, -0.05) is 0 Å². The number of nitrogens with zero attached hydrogens (tertiary/aromatic N) is 3. The smallest absolute Gasteiger partial charge is 0.0635 e. The van der Waals surface area contributed by atoms with Gasteiger partial charge in [0.1, 0.15) is 0 Å². The van der Waals surface area contributed by atoms with E-state index in [0.29, 0.717) is 6.42 Å². The SMILES string of the molecule is N#CCCN1CCN(CCCl)CC1. The first-order valence-corrected chi connectivity index (χ1v) is 5.28. The standard InChI is InChI=1S/C9H16ClN3/c10-2-5-13-8-6-12(7-9-13)4-1-3-11/h1-2,4-9H2. The van der Waals surface area contributed by atoms with E-state index in [2.05, 4.69) is 15.9 Å². The first-order chi connectivity index (χ1) is 6.36. The number of piperazine rings is 1. The maximum atomic E-state index is 8.43. The summed E-state index contributed by atoms with van der Waals surface area (Å²) in [6.07, 6.45) is 0.648. The number of hydrogen-bond donors (Lipinski definition) is 0. The van der Waals surface area contributed by atoms with Crippen LogP contribution in [0.2, 0.25) is 0 Å². The van der Waals surface area contributed by atoms with E-state index in [1.165, 1.54) is 0 Å². The maximum absolute atomic E-state index is 8.43. The highest BCUT2D eigenvalue weighted by Gasteiger charge is 2.15. The molecule has 1 rings (SSSR count). The summed E-state index contributed by atoms with van der Waals surface area (Å²) in [4.78, 5) is 4.71. The molecular formula is C9H16ClN3. The summed E-state index contributed by atoms with van der Waals surface area (Å²) in [7, 11) is 0. The molecule has 3 nitrogen and oxygen atoms in total. The van der Waals surface area contributed by atoms with Crippen molar-refractivity contribution in [2.45, 2.75) is 6.42 Å². The lowest BCUT2D eigenvalue weighted by molar-refractivity contribution is 0.140. The average molecular weight is 202 g/mol. The molecule has 0 amide bonds. The second kappa shape index (κ2) is 6.20. The van der Waals surface area contributed by atoms with Crippen molar-refractivity contribution >= 4 is 11.6 Å². The lowest BCUT2D eigenvalue weighted by Crippen LogP contribution is -2.46. The van der Waals surface area contributed by atoms with Gasteiger partial charge in [-0.25, -0.2) is 0 Å². The first kappa shape index (κ1) is 10.8. The third-order valence-electron chi connectivity index (χ3n) is 2.41. The van der Waals surface area contributed by atoms with Crippen molar-refractivity contribution in [1.82, 2.24) is 9.80 Å². The minimum atomic E-state index is 0.648. The van der Waals surface area contributed by atoms with Crippen LogP contribution in [0, 0.1) is 11.3 Å². The van der Waals surface area contributed by atoms with Crippen molar-refractivity contribution in [3.8, 4) is 6.07 Å². The minimum absolute atomic E-state index is 0.648. The largest absolute Gasteiger partial charge is 0.300 e. The molecule has 1 fully saturated rings. The molecule has 0 spiro atoms. The van der Waals surface area contributed by atoms with Crippen LogP contribution in [-0.4, -0.2) is 54.9 Å². The van der Waals surface area contributed by atoms with Crippen molar-refractivity contribution in [2.24, 2.45) is 0 Å². The van der Waals surface area contributed by atoms with E-state index >= 15 is 0 Å². The molecule has 74 valence electrons. The molecule has 1 aliphatic heterocycles. The Hall–Kier alpha value is -0.300. The third kappa shape index (κ3) is 3.95. The summed E-state index contributed by atoms with van der Waals surface area (Å²) in [6, 6.07) is 2.17. The van der Waals surface area contributed by atoms with Gasteiger partial charge in [-0.15, -0.1) is 11.6 Å². The monoisotopic (exact) mass is 201 g/mol. The van der Waals surface area contributed by atoms with Crippen molar-refractivity contribution in [2.75, 3.05) is 45.1 Å². The Morgan fingerprint density at radius 1 is 1.08 bits per heavy atom. The second-order valence-electron chi connectivity index (χ2n) is 3.28. The van der Waals surface area contributed by atoms with E-state index in [1.54, 1.807) is 0 Å². The normalized spacial score (nSPS) is 20.0. The van der Waals surface area contributed by atoms with E-state index < -0.39 is 0 Å². The van der Waals surface area contributed by atoms with Gasteiger partial charge in [-0.3, -0.25) is 9.80 Å². The van der Waals surface area contributed by atoms with Crippen LogP contribution in [-0.2, 0) is 0 Å². The van der Waals surface area contributed by atoms with E-state index in [-0.39, 0.29) is 0 Å². The zero-order valence-corrected chi connectivity index (χ0v) is 8.63. The molecule has 0 aromatic carbocycles. The lowest BCUT2D eigenvalue weighted by atomic mass is 10.3. The van der Waals surface area contributed by atoms with Crippen LogP contribution in [0.3, 0.4) is 0 Å². The second-order valence-corrected chi connectivity index (χ2v) is 3.66. The topological polar surface area (TPSA) is 30.3 Å². The Labute approximate surface area is 84.9 Å². The van der Waals surface area contributed by atoms with Gasteiger partial charge in [0, 0.05) is 51.6 Å². The number of hydrogen-bond acceptors (Lipinski definition) is 3. The highest BCUT2D eigenvalue weighted by atomic mass is 35.5. The summed E-state index contributed by atoms with van der Waals surface area (Å²) < 4.78 is 0. The summed E-state index contributed by atoms with van der Waals surface area (Å²) in [5.41, 5.74) is 0. The molecule has 13 heavy (non-hydrogen) atoms. The van der Waals surface area contributed by atoms with E-state index in [4.69, 9.17) is 16.9 Å². The maximum Gasteiger partial charge on any atom is 0.0635 e. The third-order valence-corrected chi connectivity index (χ3v) is 2.57. The number of halogens is 1. The van der Waals surface area contributed by atoms with Gasteiger partial charge in [0.2, 0.25) is 0 Å². The highest BCUT2D eigenvalue weighted by Crippen LogP contribution is 2.01. The van der Waals surface area contributed by atoms with Gasteiger partial charge in [0.05, 0.1) is 6.07 Å². The van der Waals surface area contributed by atoms with Crippen molar-refractivity contribution in [3.05, 3.63) is 0 Å². The van der Waals surface area contributed by atoms with E-state index in [1.807, 2.05) is 0 Å². The molecule has 0 unspecified atom stereocenters. The molecule has 0 bridgehead atoms. The van der Waals surface area contributed by atoms with Crippen LogP contribution < -0.4 is 0 Å². The molecule has 0 N–H and O–H groups in total. The van der Waals surface area contributed by atoms with Gasteiger partial charge < -0.3 is 0 Å². The van der Waals surface area contributed by atoms with E-state index in [9.17, 15) is 0 Å². The molecule has 1 saturated heterocycles. The molecule has 0 aromatic heterocycles. The molecule has 0 aromatic rings. The van der Waals surface area contributed by atoms with Crippen LogP contribution in [0.25, 0.3) is 0 Å². The fourth-order valence-corrected chi connectivity index (χ4v) is 1.80. The summed E-state index contributed by atoms with van der Waals surface area (Å²) in [5.74, 6) is 0.720. The Bertz CT molecular complexity index is 170. The molecule has 0 atom stereocenters. The Morgan fingerprint density at radius 3 is 2.08 bits per heavy atom. The predicted molar refractivity (Wildman–Crippen MR) is 53.8 cm³/mol. The van der Waals surface area contributed by atoms with Gasteiger partial charge in [-0.05, 0) is 0 Å². The molecule has 0 aliphatic carbocycles. The van der Waals surface area contributed by atoms with Gasteiger partial charge in [0.25, 0.3) is 0 Å². The Balaban J connectivity index is 2.12. The Morgan fingerprint density at radius 2 is 1.62 bits per heavy atom. The highest BCUT2D eigenvalue weighted by molar-refractivity contribution is 6.18. The zero-order valence-electron chi connectivity index (χ0n) is 7.88. The summed E-state index contributed by atoms with van der Waals surface area (Å²) >= 11 is 5.66. The van der Waals surface area contributed by atoms with Gasteiger partial charge in [0.15, 0.2) is 0 Å². The lowest BCUT2D eigenvalue weighted by Gasteiger charge is -2.33. The first-order valence-electron chi connectivity index (χ1n) is 4.74. The molecular weight excluding hydrogens is 186 g/mol.